The molecule has 1 aromatic carbocycles. The first-order valence-electron chi connectivity index (χ1n) is 6.09. The van der Waals surface area contributed by atoms with Crippen LogP contribution in [0.3, 0.4) is 0 Å². The van der Waals surface area contributed by atoms with Crippen LogP contribution in [0.4, 0.5) is 0 Å². The molecular weight excluding hydrogens is 228 g/mol. The Morgan fingerprint density at radius 2 is 1.78 bits per heavy atom. The van der Waals surface area contributed by atoms with Gasteiger partial charge < -0.3 is 10.6 Å². The fourth-order valence-corrected chi connectivity index (χ4v) is 1.96. The van der Waals surface area contributed by atoms with Gasteiger partial charge in [-0.3, -0.25) is 9.59 Å². The lowest BCUT2D eigenvalue weighted by molar-refractivity contribution is 0.0717. The fraction of sp³-hybridized carbons (Fsp3) is 0.429. The Bertz CT molecular complexity index is 467. The first kappa shape index (κ1) is 14.2. The molecule has 4 nitrogen and oxygen atoms in total. The highest BCUT2D eigenvalue weighted by molar-refractivity contribution is 5.99. The zero-order chi connectivity index (χ0) is 13.9. The van der Waals surface area contributed by atoms with Crippen molar-refractivity contribution >= 4 is 11.8 Å². The van der Waals surface area contributed by atoms with Gasteiger partial charge in [0.05, 0.1) is 0 Å². The molecule has 0 aliphatic carbocycles. The van der Waals surface area contributed by atoms with Gasteiger partial charge in [-0.15, -0.1) is 0 Å². The second-order valence-electron chi connectivity index (χ2n) is 4.64. The van der Waals surface area contributed by atoms with E-state index >= 15 is 0 Å². The average molecular weight is 248 g/mol. The maximum atomic E-state index is 12.3. The lowest BCUT2D eigenvalue weighted by Gasteiger charge is -2.25. The normalized spacial score (nSPS) is 10.5. The lowest BCUT2D eigenvalue weighted by atomic mass is 10.0. The van der Waals surface area contributed by atoms with E-state index in [1.54, 1.807) is 23.1 Å². The highest BCUT2D eigenvalue weighted by Crippen LogP contribution is 2.13. The maximum absolute atomic E-state index is 12.3. The quantitative estimate of drug-likeness (QED) is 0.885. The summed E-state index contributed by atoms with van der Waals surface area (Å²) in [5.74, 6) is -0.584. The van der Waals surface area contributed by atoms with Gasteiger partial charge in [-0.2, -0.15) is 0 Å². The molecule has 0 unspecified atom stereocenters. The second-order valence-corrected chi connectivity index (χ2v) is 4.64. The fourth-order valence-electron chi connectivity index (χ4n) is 1.96. The van der Waals surface area contributed by atoms with Gasteiger partial charge in [0.1, 0.15) is 0 Å². The van der Waals surface area contributed by atoms with Crippen LogP contribution in [-0.2, 0) is 0 Å². The number of hydrogen-bond donors (Lipinski definition) is 1. The van der Waals surface area contributed by atoms with Crippen LogP contribution in [0.1, 0.15) is 47.1 Å². The molecule has 1 aromatic rings. The smallest absolute Gasteiger partial charge is 0.254 e. The first-order chi connectivity index (χ1) is 8.36. The van der Waals surface area contributed by atoms with Gasteiger partial charge in [0, 0.05) is 23.7 Å². The topological polar surface area (TPSA) is 63.4 Å². The predicted octanol–water partition coefficient (Wildman–Crippen LogP) is 1.96. The number of amides is 2. The van der Waals surface area contributed by atoms with Gasteiger partial charge in [-0.1, -0.05) is 0 Å². The molecule has 0 fully saturated rings. The van der Waals surface area contributed by atoms with Gasteiger partial charge in [0.25, 0.3) is 5.91 Å². The van der Waals surface area contributed by atoms with Gasteiger partial charge in [-0.05, 0) is 51.5 Å². The van der Waals surface area contributed by atoms with Crippen molar-refractivity contribution in [3.8, 4) is 0 Å². The number of nitrogens with zero attached hydrogens (tertiary/aromatic N) is 1. The van der Waals surface area contributed by atoms with Crippen LogP contribution in [0, 0.1) is 6.92 Å². The number of carbonyl (C=O) groups is 2. The molecule has 18 heavy (non-hydrogen) atoms. The lowest BCUT2D eigenvalue weighted by Crippen LogP contribution is -2.36. The van der Waals surface area contributed by atoms with E-state index in [2.05, 4.69) is 0 Å². The number of aryl methyl sites for hydroxylation is 1. The molecule has 0 bridgehead atoms. The molecule has 0 aliphatic rings. The van der Waals surface area contributed by atoms with E-state index in [0.29, 0.717) is 17.7 Å². The zero-order valence-electron chi connectivity index (χ0n) is 11.4. The Morgan fingerprint density at radius 3 is 2.22 bits per heavy atom. The number of carbonyl (C=O) groups excluding carboxylic acids is 2. The summed E-state index contributed by atoms with van der Waals surface area (Å²) in [4.78, 5) is 25.3. The summed E-state index contributed by atoms with van der Waals surface area (Å²) in [5, 5.41) is 0. The van der Waals surface area contributed by atoms with Crippen LogP contribution < -0.4 is 5.73 Å². The summed E-state index contributed by atoms with van der Waals surface area (Å²) in [5.41, 5.74) is 7.00. The van der Waals surface area contributed by atoms with Crippen LogP contribution in [0.5, 0.6) is 0 Å². The summed E-state index contributed by atoms with van der Waals surface area (Å²) in [6.07, 6.45) is 0. The molecule has 2 N–H and O–H groups in total. The Kier molecular flexibility index (Phi) is 4.48. The van der Waals surface area contributed by atoms with Crippen LogP contribution in [0.2, 0.25) is 0 Å². The molecule has 98 valence electrons. The van der Waals surface area contributed by atoms with Gasteiger partial charge >= 0.3 is 0 Å². The molecule has 0 spiro atoms. The van der Waals surface area contributed by atoms with Crippen molar-refractivity contribution in [1.82, 2.24) is 4.90 Å². The summed E-state index contributed by atoms with van der Waals surface area (Å²) in [7, 11) is 0. The molecule has 0 atom stereocenters. The van der Waals surface area contributed by atoms with Crippen molar-refractivity contribution in [2.75, 3.05) is 6.54 Å². The molecule has 2 amide bonds. The van der Waals surface area contributed by atoms with E-state index in [4.69, 9.17) is 5.73 Å². The van der Waals surface area contributed by atoms with Crippen LogP contribution >= 0.6 is 0 Å². The number of primary amides is 1. The summed E-state index contributed by atoms with van der Waals surface area (Å²) in [6, 6.07) is 5.15. The van der Waals surface area contributed by atoms with Crippen LogP contribution in [0.25, 0.3) is 0 Å². The van der Waals surface area contributed by atoms with Crippen molar-refractivity contribution in [2.45, 2.75) is 33.7 Å². The number of benzene rings is 1. The molecule has 0 saturated heterocycles. The molecular formula is C14H20N2O2. The Labute approximate surface area is 108 Å². The minimum absolute atomic E-state index is 0.0706. The minimum atomic E-state index is -0.514. The van der Waals surface area contributed by atoms with Crippen LogP contribution in [-0.4, -0.2) is 29.3 Å². The van der Waals surface area contributed by atoms with E-state index in [9.17, 15) is 9.59 Å². The van der Waals surface area contributed by atoms with Crippen molar-refractivity contribution < 1.29 is 9.59 Å². The molecule has 0 aliphatic heterocycles. The highest BCUT2D eigenvalue weighted by Gasteiger charge is 2.18. The summed E-state index contributed by atoms with van der Waals surface area (Å²) < 4.78 is 0. The van der Waals surface area contributed by atoms with E-state index in [-0.39, 0.29) is 11.9 Å². The number of rotatable bonds is 4. The Balaban J connectivity index is 3.16. The monoisotopic (exact) mass is 248 g/mol. The first-order valence-corrected chi connectivity index (χ1v) is 6.09. The molecule has 4 heteroatoms. The van der Waals surface area contributed by atoms with Gasteiger partial charge in [-0.25, -0.2) is 0 Å². The summed E-state index contributed by atoms with van der Waals surface area (Å²) >= 11 is 0. The number of hydrogen-bond acceptors (Lipinski definition) is 2. The third kappa shape index (κ3) is 3.09. The van der Waals surface area contributed by atoms with E-state index in [0.717, 1.165) is 5.56 Å². The van der Waals surface area contributed by atoms with Gasteiger partial charge in [0.15, 0.2) is 0 Å². The molecule has 0 heterocycles. The standard InChI is InChI=1S/C14H20N2O2/c1-5-16(9(2)3)14(18)12-7-10(4)6-11(8-12)13(15)17/h6-9H,5H2,1-4H3,(H2,15,17). The average Bonchev–Trinajstić information content (AvgIpc) is 2.28. The second kappa shape index (κ2) is 5.67. The van der Waals surface area contributed by atoms with Crippen molar-refractivity contribution in [3.63, 3.8) is 0 Å². The van der Waals surface area contributed by atoms with E-state index < -0.39 is 5.91 Å². The van der Waals surface area contributed by atoms with E-state index in [1.807, 2.05) is 27.7 Å². The van der Waals surface area contributed by atoms with Crippen molar-refractivity contribution in [1.29, 1.82) is 0 Å². The van der Waals surface area contributed by atoms with Crippen molar-refractivity contribution in [2.24, 2.45) is 5.73 Å². The van der Waals surface area contributed by atoms with E-state index in [1.165, 1.54) is 0 Å². The Hall–Kier alpha value is -1.84. The molecule has 0 saturated carbocycles. The predicted molar refractivity (Wildman–Crippen MR) is 71.5 cm³/mol. The number of nitrogens with two attached hydrogens (primary N) is 1. The molecule has 0 aromatic heterocycles. The SMILES string of the molecule is CCN(C(=O)c1cc(C)cc(C(N)=O)c1)C(C)C. The third-order valence-corrected chi connectivity index (χ3v) is 2.83. The third-order valence-electron chi connectivity index (χ3n) is 2.83. The van der Waals surface area contributed by atoms with Crippen molar-refractivity contribution in [3.05, 3.63) is 34.9 Å². The Morgan fingerprint density at radius 1 is 1.22 bits per heavy atom. The van der Waals surface area contributed by atoms with Gasteiger partial charge in [0.2, 0.25) is 5.91 Å². The highest BCUT2D eigenvalue weighted by atomic mass is 16.2. The van der Waals surface area contributed by atoms with Crippen LogP contribution in [0.15, 0.2) is 18.2 Å². The minimum Gasteiger partial charge on any atom is -0.366 e. The molecule has 0 radical (unpaired) electrons. The summed E-state index contributed by atoms with van der Waals surface area (Å²) in [6.45, 7) is 8.34. The zero-order valence-corrected chi connectivity index (χ0v) is 11.4. The largest absolute Gasteiger partial charge is 0.366 e. The maximum Gasteiger partial charge on any atom is 0.254 e. The molecule has 1 rings (SSSR count).